The molecule has 1 fully saturated rings. The average molecular weight is 367 g/mol. The Labute approximate surface area is 138 Å². The molecule has 1 unspecified atom stereocenters. The lowest BCUT2D eigenvalue weighted by Gasteiger charge is -2.46. The van der Waals surface area contributed by atoms with Gasteiger partial charge in [0, 0.05) is 0 Å². The van der Waals surface area contributed by atoms with Crippen molar-refractivity contribution in [3.63, 3.8) is 0 Å². The highest BCUT2D eigenvalue weighted by molar-refractivity contribution is 6.70. The van der Waals surface area contributed by atoms with Gasteiger partial charge in [-0.2, -0.15) is 0 Å². The third kappa shape index (κ3) is 7.35. The summed E-state index contributed by atoms with van der Waals surface area (Å²) < 4.78 is 24.3. The first-order valence-corrected chi connectivity index (χ1v) is 18.2. The van der Waals surface area contributed by atoms with Crippen molar-refractivity contribution in [3.8, 4) is 0 Å². The third-order valence-corrected chi connectivity index (χ3v) is 5.86. The van der Waals surface area contributed by atoms with Gasteiger partial charge in [-0.3, -0.25) is 0 Å². The number of ether oxygens (including phenoxy) is 1. The Morgan fingerprint density at radius 3 is 1.55 bits per heavy atom. The Morgan fingerprint density at radius 2 is 1.14 bits per heavy atom. The zero-order valence-electron chi connectivity index (χ0n) is 15.6. The van der Waals surface area contributed by atoms with Gasteiger partial charge in [0.15, 0.2) is 31.2 Å². The van der Waals surface area contributed by atoms with Gasteiger partial charge in [-0.1, -0.05) is 0 Å². The fourth-order valence-corrected chi connectivity index (χ4v) is 5.68. The zero-order chi connectivity index (χ0) is 17.3. The Hall–Kier alpha value is 0.451. The highest BCUT2D eigenvalue weighted by atomic mass is 28.4. The molecule has 0 spiro atoms. The van der Waals surface area contributed by atoms with E-state index in [1.165, 1.54) is 0 Å². The van der Waals surface area contributed by atoms with Crippen LogP contribution in [0.2, 0.25) is 58.9 Å². The summed E-state index contributed by atoms with van der Waals surface area (Å²) >= 11 is 0. The van der Waals surface area contributed by atoms with E-state index in [4.69, 9.17) is 18.0 Å². The van der Waals surface area contributed by atoms with Gasteiger partial charge in [0.1, 0.15) is 12.2 Å². The van der Waals surface area contributed by atoms with E-state index < -0.39 is 37.3 Å². The van der Waals surface area contributed by atoms with Crippen molar-refractivity contribution in [2.45, 2.75) is 83.5 Å². The maximum Gasteiger partial charge on any atom is 0.184 e. The van der Waals surface area contributed by atoms with Crippen LogP contribution in [0.15, 0.2) is 0 Å². The van der Waals surface area contributed by atoms with E-state index in [-0.39, 0.29) is 12.2 Å². The molecule has 5 nitrogen and oxygen atoms in total. The minimum absolute atomic E-state index is 0.178. The number of hydrogen-bond donors (Lipinski definition) is 1. The second-order valence-corrected chi connectivity index (χ2v) is 22.3. The van der Waals surface area contributed by atoms with Crippen molar-refractivity contribution < 1.29 is 23.1 Å². The quantitative estimate of drug-likeness (QED) is 0.732. The van der Waals surface area contributed by atoms with E-state index >= 15 is 0 Å². The smallest absolute Gasteiger partial charge is 0.184 e. The maximum atomic E-state index is 10.3. The molecule has 22 heavy (non-hydrogen) atoms. The Kier molecular flexibility index (Phi) is 6.65. The second kappa shape index (κ2) is 7.14. The highest BCUT2D eigenvalue weighted by Gasteiger charge is 2.46. The molecule has 1 aliphatic heterocycles. The molecule has 0 aromatic heterocycles. The molecule has 0 radical (unpaired) electrons. The van der Waals surface area contributed by atoms with Crippen molar-refractivity contribution in [2.75, 3.05) is 6.61 Å². The molecule has 0 saturated carbocycles. The molecule has 1 N–H and O–H groups in total. The van der Waals surface area contributed by atoms with Crippen molar-refractivity contribution in [1.82, 2.24) is 0 Å². The fraction of sp³-hybridized carbons (Fsp3) is 1.00. The van der Waals surface area contributed by atoms with Crippen LogP contribution in [-0.4, -0.2) is 61.3 Å². The first kappa shape index (κ1) is 20.5. The molecule has 8 heteroatoms. The molecular weight excluding hydrogens is 332 g/mol. The molecule has 1 rings (SSSR count). The second-order valence-electron chi connectivity index (χ2n) is 8.88. The van der Waals surface area contributed by atoms with E-state index in [1.807, 2.05) is 0 Å². The molecule has 0 bridgehead atoms. The molecule has 0 aromatic rings. The fourth-order valence-electron chi connectivity index (χ4n) is 2.40. The lowest BCUT2D eigenvalue weighted by Crippen LogP contribution is -2.61. The SMILES string of the molecule is C[Si](C)(C)OC1[C@H](O[Si](C)(C)C)CO[C@@H](O)[C@H]1O[Si](C)(C)C. The summed E-state index contributed by atoms with van der Waals surface area (Å²) in [6.07, 6.45) is -1.87. The van der Waals surface area contributed by atoms with E-state index in [2.05, 4.69) is 58.9 Å². The molecule has 1 saturated heterocycles. The van der Waals surface area contributed by atoms with Gasteiger partial charge < -0.3 is 23.1 Å². The number of aliphatic hydroxyl groups excluding tert-OH is 1. The summed E-state index contributed by atoms with van der Waals surface area (Å²) in [6.45, 7) is 19.6. The third-order valence-electron chi connectivity index (χ3n) is 2.89. The number of aliphatic hydroxyl groups is 1. The first-order valence-electron chi connectivity index (χ1n) is 8.01. The van der Waals surface area contributed by atoms with Crippen LogP contribution < -0.4 is 0 Å². The Bertz CT molecular complexity index is 359. The van der Waals surface area contributed by atoms with E-state index in [1.54, 1.807) is 0 Å². The van der Waals surface area contributed by atoms with Crippen LogP contribution in [0.1, 0.15) is 0 Å². The standard InChI is InChI=1S/C14H34O5Si3/c1-20(2,3)17-11-10-16-14(15)13(19-22(7,8)9)12(11)18-21(4,5)6/h11-15H,10H2,1-9H3/t11-,12?,13+,14-/m1/s1. The van der Waals surface area contributed by atoms with Crippen LogP contribution in [0.3, 0.4) is 0 Å². The van der Waals surface area contributed by atoms with Gasteiger partial charge in [0.2, 0.25) is 0 Å². The highest BCUT2D eigenvalue weighted by Crippen LogP contribution is 2.29. The average Bonchev–Trinajstić information content (AvgIpc) is 2.22. The van der Waals surface area contributed by atoms with Gasteiger partial charge in [-0.05, 0) is 58.9 Å². The molecule has 4 atom stereocenters. The molecule has 0 aromatic carbocycles. The largest absolute Gasteiger partial charge is 0.410 e. The summed E-state index contributed by atoms with van der Waals surface area (Å²) in [7, 11) is -5.39. The zero-order valence-corrected chi connectivity index (χ0v) is 18.6. The predicted octanol–water partition coefficient (Wildman–Crippen LogP) is 3.00. The Balaban J connectivity index is 3.01. The normalized spacial score (nSPS) is 31.4. The van der Waals surface area contributed by atoms with Gasteiger partial charge in [0.25, 0.3) is 0 Å². The van der Waals surface area contributed by atoms with Gasteiger partial charge >= 0.3 is 0 Å². The topological polar surface area (TPSA) is 57.2 Å². The van der Waals surface area contributed by atoms with Gasteiger partial charge in [-0.15, -0.1) is 0 Å². The van der Waals surface area contributed by atoms with Crippen molar-refractivity contribution >= 4 is 25.0 Å². The Morgan fingerprint density at radius 1 is 0.727 bits per heavy atom. The summed E-state index contributed by atoms with van der Waals surface area (Å²) in [5.41, 5.74) is 0. The van der Waals surface area contributed by atoms with Crippen molar-refractivity contribution in [1.29, 1.82) is 0 Å². The molecule has 1 heterocycles. The first-order chi connectivity index (χ1) is 9.68. The summed E-state index contributed by atoms with van der Waals surface area (Å²) in [6, 6.07) is 0. The minimum Gasteiger partial charge on any atom is -0.410 e. The van der Waals surface area contributed by atoms with Crippen LogP contribution in [0.5, 0.6) is 0 Å². The van der Waals surface area contributed by atoms with Gasteiger partial charge in [0.05, 0.1) is 12.7 Å². The van der Waals surface area contributed by atoms with Crippen molar-refractivity contribution in [3.05, 3.63) is 0 Å². The molecule has 132 valence electrons. The monoisotopic (exact) mass is 366 g/mol. The summed E-state index contributed by atoms with van der Waals surface area (Å²) in [4.78, 5) is 0. The summed E-state index contributed by atoms with van der Waals surface area (Å²) in [5, 5.41) is 10.3. The number of rotatable bonds is 6. The van der Waals surface area contributed by atoms with Crippen LogP contribution >= 0.6 is 0 Å². The molecule has 1 aliphatic rings. The minimum atomic E-state index is -1.84. The lowest BCUT2D eigenvalue weighted by molar-refractivity contribution is -0.240. The lowest BCUT2D eigenvalue weighted by atomic mass is 10.1. The maximum absolute atomic E-state index is 10.3. The van der Waals surface area contributed by atoms with Gasteiger partial charge in [-0.25, -0.2) is 0 Å². The summed E-state index contributed by atoms with van der Waals surface area (Å²) in [5.74, 6) is 0. The molecular formula is C14H34O5Si3. The van der Waals surface area contributed by atoms with Crippen LogP contribution in [0.4, 0.5) is 0 Å². The predicted molar refractivity (Wildman–Crippen MR) is 96.6 cm³/mol. The van der Waals surface area contributed by atoms with Crippen molar-refractivity contribution in [2.24, 2.45) is 0 Å². The number of hydrogen-bond acceptors (Lipinski definition) is 5. The van der Waals surface area contributed by atoms with Crippen LogP contribution in [-0.2, 0) is 18.0 Å². The molecule has 0 amide bonds. The van der Waals surface area contributed by atoms with E-state index in [0.717, 1.165) is 0 Å². The van der Waals surface area contributed by atoms with Crippen LogP contribution in [0.25, 0.3) is 0 Å². The van der Waals surface area contributed by atoms with Crippen LogP contribution in [0, 0.1) is 0 Å². The van der Waals surface area contributed by atoms with E-state index in [9.17, 15) is 5.11 Å². The molecule has 0 aliphatic carbocycles. The van der Waals surface area contributed by atoms with E-state index in [0.29, 0.717) is 6.61 Å².